The molecule has 0 aliphatic heterocycles. The number of ether oxygens (including phenoxy) is 3. The molecular formula is C40H31NO5S2. The van der Waals surface area contributed by atoms with Crippen LogP contribution in [0.5, 0.6) is 5.75 Å². The van der Waals surface area contributed by atoms with Gasteiger partial charge < -0.3 is 14.2 Å². The Balaban J connectivity index is 1.25. The predicted octanol–water partition coefficient (Wildman–Crippen LogP) is 8.26. The Labute approximate surface area is 290 Å². The van der Waals surface area contributed by atoms with Crippen molar-refractivity contribution >= 4 is 41.1 Å². The third-order valence-corrected chi connectivity index (χ3v) is 8.32. The van der Waals surface area contributed by atoms with E-state index in [1.807, 2.05) is 78.9 Å². The minimum Gasteiger partial charge on any atom is -0.500 e. The summed E-state index contributed by atoms with van der Waals surface area (Å²) in [5.74, 6) is 13.6. The first kappa shape index (κ1) is 35.3. The molecule has 0 unspecified atom stereocenters. The first-order chi connectivity index (χ1) is 23.4. The van der Waals surface area contributed by atoms with Crippen molar-refractivity contribution in [3.05, 3.63) is 156 Å². The van der Waals surface area contributed by atoms with Gasteiger partial charge in [0.1, 0.15) is 25.6 Å². The Morgan fingerprint density at radius 3 is 1.56 bits per heavy atom. The second-order valence-electron chi connectivity index (χ2n) is 9.77. The van der Waals surface area contributed by atoms with Gasteiger partial charge in [0.25, 0.3) is 0 Å². The number of hydrogen-bond donors (Lipinski definition) is 0. The minimum absolute atomic E-state index is 0.314. The molecular weight excluding hydrogens is 639 g/mol. The van der Waals surface area contributed by atoms with Crippen LogP contribution < -0.4 is 4.74 Å². The fourth-order valence-corrected chi connectivity index (χ4v) is 5.39. The Hall–Kier alpha value is -5.59. The molecule has 6 nitrogen and oxygen atoms in total. The van der Waals surface area contributed by atoms with Gasteiger partial charge in [0.2, 0.25) is 5.69 Å². The lowest BCUT2D eigenvalue weighted by Gasteiger charge is -2.09. The first-order valence-corrected chi connectivity index (χ1v) is 16.7. The molecule has 0 aliphatic carbocycles. The first-order valence-electron chi connectivity index (χ1n) is 14.8. The van der Waals surface area contributed by atoms with Gasteiger partial charge in [-0.25, -0.2) is 14.4 Å². The van der Waals surface area contributed by atoms with Gasteiger partial charge >= 0.3 is 11.9 Å². The van der Waals surface area contributed by atoms with Gasteiger partial charge in [0, 0.05) is 55.7 Å². The van der Waals surface area contributed by atoms with Crippen molar-refractivity contribution in [3.8, 4) is 29.4 Å². The van der Waals surface area contributed by atoms with Crippen LogP contribution in [0.2, 0.25) is 0 Å². The van der Waals surface area contributed by atoms with Crippen LogP contribution in [-0.4, -0.2) is 36.7 Å². The second kappa shape index (κ2) is 19.2. The highest BCUT2D eigenvalue weighted by Gasteiger charge is 2.06. The predicted molar refractivity (Wildman–Crippen MR) is 192 cm³/mol. The number of esters is 2. The van der Waals surface area contributed by atoms with E-state index in [9.17, 15) is 9.59 Å². The van der Waals surface area contributed by atoms with E-state index in [0.717, 1.165) is 49.8 Å². The Bertz CT molecular complexity index is 1900. The van der Waals surface area contributed by atoms with Crippen molar-refractivity contribution in [1.29, 1.82) is 0 Å². The van der Waals surface area contributed by atoms with Crippen LogP contribution >= 0.6 is 23.5 Å². The maximum atomic E-state index is 11.1. The number of carbonyl (C=O) groups is 2. The van der Waals surface area contributed by atoms with E-state index < -0.39 is 11.9 Å². The standard InChI is InChI=1S/C40H31NO5S2/c1-4-39(42)44-24-26-47-35-19-14-31(15-20-35)7-6-30-9-12-34(13-10-30)29-46-38-23-18-33(28-37(38)41-3)11-8-32-16-21-36(22-17-32)48-27-25-45-40(43)5-2/h4-5,9-10,12-23,28H,1-2,24-27,29H2. The molecule has 0 atom stereocenters. The van der Waals surface area contributed by atoms with E-state index >= 15 is 0 Å². The van der Waals surface area contributed by atoms with Gasteiger partial charge in [-0.05, 0) is 84.4 Å². The molecule has 0 amide bonds. The zero-order chi connectivity index (χ0) is 34.0. The molecule has 0 saturated carbocycles. The lowest BCUT2D eigenvalue weighted by atomic mass is 10.1. The lowest BCUT2D eigenvalue weighted by Crippen LogP contribution is -2.03. The molecule has 4 rings (SSSR count). The van der Waals surface area contributed by atoms with Crippen molar-refractivity contribution in [2.24, 2.45) is 0 Å². The minimum atomic E-state index is -0.422. The molecule has 4 aromatic carbocycles. The van der Waals surface area contributed by atoms with Gasteiger partial charge in [-0.3, -0.25) is 0 Å². The molecule has 238 valence electrons. The van der Waals surface area contributed by atoms with Crippen LogP contribution in [0.4, 0.5) is 5.69 Å². The van der Waals surface area contributed by atoms with E-state index in [0.29, 0.717) is 42.8 Å². The third-order valence-electron chi connectivity index (χ3n) is 6.36. The molecule has 0 radical (unpaired) electrons. The summed E-state index contributed by atoms with van der Waals surface area (Å²) in [6.07, 6.45) is 2.31. The number of thioether (sulfide) groups is 2. The van der Waals surface area contributed by atoms with Crippen LogP contribution in [0.25, 0.3) is 4.85 Å². The van der Waals surface area contributed by atoms with E-state index in [4.69, 9.17) is 20.8 Å². The van der Waals surface area contributed by atoms with E-state index in [2.05, 4.69) is 41.7 Å². The molecule has 0 bridgehead atoms. The van der Waals surface area contributed by atoms with Crippen molar-refractivity contribution in [2.45, 2.75) is 16.4 Å². The van der Waals surface area contributed by atoms with Crippen molar-refractivity contribution in [3.63, 3.8) is 0 Å². The highest BCUT2D eigenvalue weighted by molar-refractivity contribution is 7.99. The average molecular weight is 670 g/mol. The van der Waals surface area contributed by atoms with Crippen molar-refractivity contribution in [1.82, 2.24) is 0 Å². The van der Waals surface area contributed by atoms with E-state index in [1.54, 1.807) is 35.7 Å². The summed E-state index contributed by atoms with van der Waals surface area (Å²) in [5.41, 5.74) is 4.71. The van der Waals surface area contributed by atoms with Crippen LogP contribution in [0.15, 0.2) is 126 Å². The molecule has 0 fully saturated rings. The van der Waals surface area contributed by atoms with Gasteiger partial charge in [-0.2, -0.15) is 0 Å². The Morgan fingerprint density at radius 2 is 1.10 bits per heavy atom. The molecule has 0 heterocycles. The molecule has 4 aromatic rings. The summed E-state index contributed by atoms with van der Waals surface area (Å²) in [7, 11) is 0. The molecule has 8 heteroatoms. The summed E-state index contributed by atoms with van der Waals surface area (Å²) in [5, 5.41) is 0. The smallest absolute Gasteiger partial charge is 0.330 e. The summed E-state index contributed by atoms with van der Waals surface area (Å²) >= 11 is 3.19. The van der Waals surface area contributed by atoms with Crippen molar-refractivity contribution < 1.29 is 23.8 Å². The average Bonchev–Trinajstić information content (AvgIpc) is 3.13. The van der Waals surface area contributed by atoms with E-state index in [1.165, 1.54) is 0 Å². The van der Waals surface area contributed by atoms with Gasteiger partial charge in [-0.15, -0.1) is 23.5 Å². The molecule has 48 heavy (non-hydrogen) atoms. The molecule has 0 spiro atoms. The number of carbonyl (C=O) groups excluding carboxylic acids is 2. The fourth-order valence-electron chi connectivity index (χ4n) is 3.93. The second-order valence-corrected chi connectivity index (χ2v) is 12.1. The zero-order valence-corrected chi connectivity index (χ0v) is 27.7. The monoisotopic (exact) mass is 669 g/mol. The summed E-state index contributed by atoms with van der Waals surface area (Å²) in [4.78, 5) is 28.0. The summed E-state index contributed by atoms with van der Waals surface area (Å²) in [6, 6.07) is 28.9. The normalized spacial score (nSPS) is 9.81. The molecule has 0 aliphatic rings. The number of rotatable bonds is 13. The summed E-state index contributed by atoms with van der Waals surface area (Å²) in [6.45, 7) is 15.4. The lowest BCUT2D eigenvalue weighted by molar-refractivity contribution is -0.138. The van der Waals surface area contributed by atoms with Crippen LogP contribution in [0.3, 0.4) is 0 Å². The Kier molecular flexibility index (Phi) is 14.1. The van der Waals surface area contributed by atoms with Crippen molar-refractivity contribution in [2.75, 3.05) is 24.7 Å². The van der Waals surface area contributed by atoms with Gasteiger partial charge in [0.05, 0.1) is 6.57 Å². The number of benzene rings is 4. The third kappa shape index (κ3) is 12.0. The molecule has 0 saturated heterocycles. The maximum absolute atomic E-state index is 11.1. The van der Waals surface area contributed by atoms with Gasteiger partial charge in [0.15, 0.2) is 0 Å². The highest BCUT2D eigenvalue weighted by Crippen LogP contribution is 2.29. The van der Waals surface area contributed by atoms with Crippen LogP contribution in [-0.2, 0) is 25.7 Å². The number of nitrogens with zero attached hydrogens (tertiary/aromatic N) is 1. The van der Waals surface area contributed by atoms with Crippen LogP contribution in [0, 0.1) is 30.3 Å². The molecule has 0 aromatic heterocycles. The molecule has 0 N–H and O–H groups in total. The zero-order valence-electron chi connectivity index (χ0n) is 26.1. The maximum Gasteiger partial charge on any atom is 0.330 e. The largest absolute Gasteiger partial charge is 0.500 e. The number of hydrogen-bond acceptors (Lipinski definition) is 7. The van der Waals surface area contributed by atoms with Crippen LogP contribution in [0.1, 0.15) is 27.8 Å². The fraction of sp³-hybridized carbons (Fsp3) is 0.125. The SMILES string of the molecule is [C-]#[N+]c1cc(C#Cc2ccc(SCCOC(=O)C=C)cc2)ccc1OCc1ccc(C#Cc2ccc(SCCOC(=O)C=C)cc2)cc1. The van der Waals surface area contributed by atoms with Gasteiger partial charge in [-0.1, -0.05) is 49.0 Å². The quantitative estimate of drug-likeness (QED) is 0.0355. The summed E-state index contributed by atoms with van der Waals surface area (Å²) < 4.78 is 16.0. The Morgan fingerprint density at radius 1 is 0.667 bits per heavy atom. The van der Waals surface area contributed by atoms with E-state index in [-0.39, 0.29) is 0 Å². The topological polar surface area (TPSA) is 66.2 Å². The highest BCUT2D eigenvalue weighted by atomic mass is 32.2.